The number of nitrogens with zero attached hydrogens (tertiary/aromatic N) is 3. The van der Waals surface area contributed by atoms with Crippen LogP contribution in [0.15, 0.2) is 71.9 Å². The second-order valence-electron chi connectivity index (χ2n) is 7.06. The van der Waals surface area contributed by atoms with Crippen LogP contribution in [0, 0.1) is 0 Å². The Bertz CT molecular complexity index is 1300. The SMILES string of the molecule is Clc1ccc2c(c1)C1=C([C@H](c3cccs3)n3ncnc3N1)[C@@H](c1ccccc1Cl)O2. The van der Waals surface area contributed by atoms with Crippen molar-refractivity contribution in [3.63, 3.8) is 0 Å². The Labute approximate surface area is 186 Å². The van der Waals surface area contributed by atoms with E-state index < -0.39 is 0 Å². The predicted molar refractivity (Wildman–Crippen MR) is 119 cm³/mol. The summed E-state index contributed by atoms with van der Waals surface area (Å²) in [5.41, 5.74) is 3.76. The molecule has 2 aromatic heterocycles. The number of halogens is 2. The standard InChI is InChI=1S/C22H14Cl2N4OS/c23-12-7-8-16-14(10-12)19-18(21(29-16)13-4-1-2-5-15(13)24)20(17-6-3-9-30-17)28-22(27-19)25-11-26-28/h1-11,20-21H,(H,25,26,27)/t20-,21+/m0/s1. The fourth-order valence-electron chi connectivity index (χ4n) is 4.11. The van der Waals surface area contributed by atoms with E-state index in [-0.39, 0.29) is 12.1 Å². The van der Waals surface area contributed by atoms with Crippen molar-refractivity contribution < 1.29 is 4.74 Å². The molecule has 0 radical (unpaired) electrons. The van der Waals surface area contributed by atoms with E-state index in [0.29, 0.717) is 16.0 Å². The molecule has 2 aliphatic rings. The van der Waals surface area contributed by atoms with Gasteiger partial charge in [0, 0.05) is 31.6 Å². The first-order chi connectivity index (χ1) is 14.7. The Balaban J connectivity index is 1.66. The second-order valence-corrected chi connectivity index (χ2v) is 8.88. The number of aromatic nitrogens is 3. The van der Waals surface area contributed by atoms with Gasteiger partial charge in [-0.05, 0) is 35.7 Å². The molecule has 0 saturated carbocycles. The summed E-state index contributed by atoms with van der Waals surface area (Å²) in [5.74, 6) is 1.42. The van der Waals surface area contributed by atoms with E-state index in [1.807, 2.05) is 53.2 Å². The Morgan fingerprint density at radius 3 is 2.80 bits per heavy atom. The van der Waals surface area contributed by atoms with Gasteiger partial charge in [-0.2, -0.15) is 10.1 Å². The summed E-state index contributed by atoms with van der Waals surface area (Å²) in [5, 5.41) is 11.3. The van der Waals surface area contributed by atoms with Gasteiger partial charge in [-0.3, -0.25) is 0 Å². The fraction of sp³-hybridized carbons (Fsp3) is 0.0909. The molecule has 0 amide bonds. The highest BCUT2D eigenvalue weighted by atomic mass is 35.5. The van der Waals surface area contributed by atoms with Gasteiger partial charge in [0.25, 0.3) is 0 Å². The summed E-state index contributed by atoms with van der Waals surface area (Å²) in [4.78, 5) is 5.57. The molecule has 2 aromatic carbocycles. The van der Waals surface area contributed by atoms with Gasteiger partial charge in [-0.15, -0.1) is 11.3 Å². The molecule has 0 aliphatic carbocycles. The highest BCUT2D eigenvalue weighted by molar-refractivity contribution is 7.10. The third-order valence-corrected chi connectivity index (χ3v) is 6.88. The summed E-state index contributed by atoms with van der Waals surface area (Å²) in [7, 11) is 0. The maximum absolute atomic E-state index is 6.62. The average molecular weight is 453 g/mol. The molecule has 0 unspecified atom stereocenters. The number of rotatable bonds is 2. The van der Waals surface area contributed by atoms with Crippen LogP contribution in [0.3, 0.4) is 0 Å². The van der Waals surface area contributed by atoms with Gasteiger partial charge in [-0.1, -0.05) is 47.5 Å². The first kappa shape index (κ1) is 18.0. The maximum atomic E-state index is 6.62. The molecule has 5 nitrogen and oxygen atoms in total. The lowest BCUT2D eigenvalue weighted by Crippen LogP contribution is -2.32. The van der Waals surface area contributed by atoms with Crippen molar-refractivity contribution in [1.82, 2.24) is 14.8 Å². The van der Waals surface area contributed by atoms with Crippen molar-refractivity contribution in [2.24, 2.45) is 0 Å². The Morgan fingerprint density at radius 2 is 1.97 bits per heavy atom. The highest BCUT2D eigenvalue weighted by Gasteiger charge is 2.41. The Kier molecular flexibility index (Phi) is 4.13. The smallest absolute Gasteiger partial charge is 0.226 e. The van der Waals surface area contributed by atoms with Crippen LogP contribution in [-0.4, -0.2) is 14.8 Å². The molecule has 0 bridgehead atoms. The monoisotopic (exact) mass is 452 g/mol. The summed E-state index contributed by atoms with van der Waals surface area (Å²) in [6.07, 6.45) is 1.17. The maximum Gasteiger partial charge on any atom is 0.226 e. The van der Waals surface area contributed by atoms with Crippen molar-refractivity contribution in [3.05, 3.63) is 97.9 Å². The fourth-order valence-corrected chi connectivity index (χ4v) is 5.34. The number of fused-ring (bicyclic) bond motifs is 3. The number of nitrogens with one attached hydrogen (secondary N) is 1. The molecule has 4 heterocycles. The molecule has 0 spiro atoms. The highest BCUT2D eigenvalue weighted by Crippen LogP contribution is 2.52. The molecule has 30 heavy (non-hydrogen) atoms. The van der Waals surface area contributed by atoms with E-state index in [4.69, 9.17) is 27.9 Å². The van der Waals surface area contributed by atoms with E-state index in [1.54, 1.807) is 17.7 Å². The molecule has 0 saturated heterocycles. The summed E-state index contributed by atoms with van der Waals surface area (Å²) in [6, 6.07) is 17.4. The number of ether oxygens (including phenoxy) is 1. The average Bonchev–Trinajstić information content (AvgIpc) is 3.44. The van der Waals surface area contributed by atoms with E-state index in [0.717, 1.165) is 33.0 Å². The van der Waals surface area contributed by atoms with Crippen molar-refractivity contribution in [2.75, 3.05) is 5.32 Å². The lowest BCUT2D eigenvalue weighted by atomic mass is 9.87. The van der Waals surface area contributed by atoms with Gasteiger partial charge in [0.15, 0.2) is 6.10 Å². The Hall–Kier alpha value is -2.80. The van der Waals surface area contributed by atoms with Crippen molar-refractivity contribution in [3.8, 4) is 5.75 Å². The van der Waals surface area contributed by atoms with Gasteiger partial charge >= 0.3 is 0 Å². The molecule has 4 aromatic rings. The van der Waals surface area contributed by atoms with Crippen molar-refractivity contribution in [2.45, 2.75) is 12.1 Å². The van der Waals surface area contributed by atoms with Gasteiger partial charge in [-0.25, -0.2) is 4.68 Å². The Morgan fingerprint density at radius 1 is 1.07 bits per heavy atom. The molecule has 2 atom stereocenters. The van der Waals surface area contributed by atoms with E-state index in [1.165, 1.54) is 0 Å². The zero-order chi connectivity index (χ0) is 20.2. The van der Waals surface area contributed by atoms with Crippen molar-refractivity contribution in [1.29, 1.82) is 0 Å². The molecule has 8 heteroatoms. The van der Waals surface area contributed by atoms with E-state index >= 15 is 0 Å². The largest absolute Gasteiger partial charge is 0.480 e. The van der Waals surface area contributed by atoms with Crippen LogP contribution in [-0.2, 0) is 0 Å². The van der Waals surface area contributed by atoms with Crippen LogP contribution in [0.2, 0.25) is 10.0 Å². The number of thiophene rings is 1. The second kappa shape index (κ2) is 6.87. The minimum absolute atomic E-state index is 0.174. The quantitative estimate of drug-likeness (QED) is 0.392. The molecule has 2 aliphatic heterocycles. The molecular formula is C22H14Cl2N4OS. The summed E-state index contributed by atoms with van der Waals surface area (Å²) >= 11 is 14.6. The molecular weight excluding hydrogens is 439 g/mol. The minimum atomic E-state index is -0.390. The number of hydrogen-bond acceptors (Lipinski definition) is 5. The first-order valence-corrected chi connectivity index (χ1v) is 11.0. The molecule has 6 rings (SSSR count). The summed E-state index contributed by atoms with van der Waals surface area (Å²) in [6.45, 7) is 0. The van der Waals surface area contributed by atoms with Crippen molar-refractivity contribution >= 4 is 46.2 Å². The van der Waals surface area contributed by atoms with Gasteiger partial charge in [0.1, 0.15) is 18.1 Å². The van der Waals surface area contributed by atoms with E-state index in [9.17, 15) is 0 Å². The van der Waals surface area contributed by atoms with Crippen LogP contribution in [0.1, 0.15) is 28.1 Å². The number of anilines is 1. The van der Waals surface area contributed by atoms with Crippen LogP contribution in [0.4, 0.5) is 5.95 Å². The predicted octanol–water partition coefficient (Wildman–Crippen LogP) is 6.21. The molecule has 1 N–H and O–H groups in total. The zero-order valence-corrected chi connectivity index (χ0v) is 17.7. The lowest BCUT2D eigenvalue weighted by Gasteiger charge is -2.38. The van der Waals surface area contributed by atoms with Crippen LogP contribution >= 0.6 is 34.5 Å². The number of hydrogen-bond donors (Lipinski definition) is 1. The third kappa shape index (κ3) is 2.68. The third-order valence-electron chi connectivity index (χ3n) is 5.38. The zero-order valence-electron chi connectivity index (χ0n) is 15.4. The van der Waals surface area contributed by atoms with Gasteiger partial charge in [0.05, 0.1) is 5.70 Å². The lowest BCUT2D eigenvalue weighted by molar-refractivity contribution is 0.223. The van der Waals surface area contributed by atoms with Gasteiger partial charge < -0.3 is 10.1 Å². The van der Waals surface area contributed by atoms with Crippen LogP contribution < -0.4 is 10.1 Å². The summed E-state index contributed by atoms with van der Waals surface area (Å²) < 4.78 is 8.44. The van der Waals surface area contributed by atoms with Crippen LogP contribution in [0.5, 0.6) is 5.75 Å². The first-order valence-electron chi connectivity index (χ1n) is 9.35. The molecule has 148 valence electrons. The normalized spacial score (nSPS) is 19.4. The van der Waals surface area contributed by atoms with Gasteiger partial charge in [0.2, 0.25) is 5.95 Å². The van der Waals surface area contributed by atoms with E-state index in [2.05, 4.69) is 26.8 Å². The topological polar surface area (TPSA) is 52.0 Å². The molecule has 0 fully saturated rings. The van der Waals surface area contributed by atoms with Crippen LogP contribution in [0.25, 0.3) is 5.70 Å². The minimum Gasteiger partial charge on any atom is -0.480 e. The number of benzene rings is 2.